The molecule has 3 atom stereocenters. The lowest BCUT2D eigenvalue weighted by Crippen LogP contribution is -2.29. The largest absolute Gasteiger partial charge is 0.341 e. The van der Waals surface area contributed by atoms with Crippen LogP contribution in [0.25, 0.3) is 44.5 Å². The zero-order valence-corrected chi connectivity index (χ0v) is 24.1. The zero-order valence-electron chi connectivity index (χ0n) is 24.1. The van der Waals surface area contributed by atoms with Gasteiger partial charge in [-0.3, -0.25) is 0 Å². The van der Waals surface area contributed by atoms with Gasteiger partial charge in [-0.05, 0) is 90.0 Å². The third-order valence-corrected chi connectivity index (χ3v) is 10.4. The second-order valence-corrected chi connectivity index (χ2v) is 13.5. The minimum atomic E-state index is -3.10. The van der Waals surface area contributed by atoms with Crippen LogP contribution < -0.4 is 10.6 Å². The second kappa shape index (κ2) is 9.07. The molecule has 4 N–H and O–H groups in total. The lowest BCUT2D eigenvalue weighted by atomic mass is 9.98. The van der Waals surface area contributed by atoms with Crippen molar-refractivity contribution in [2.24, 2.45) is 11.3 Å². The molecule has 0 amide bonds. The summed E-state index contributed by atoms with van der Waals surface area (Å²) in [5, 5.41) is 7.17. The summed E-state index contributed by atoms with van der Waals surface area (Å²) in [6.45, 7) is 3.88. The fourth-order valence-electron chi connectivity index (χ4n) is 7.56. The number of nitrogens with one attached hydrogen (secondary N) is 4. The standard InChI is InChI=1S/C35H34F2N6/c1-34(10-11-34)18-38-17-31-39-16-30(41-31)21-4-8-25-24-7-3-19(13-26(24)35(36,37)27(25)14-21)20-5-9-28-29(15-20)43-33(42-28)32-22-2-6-23(12-22)40-32/h3-5,7-9,13-16,22-23,32,38,40H,2,6,10-12,17-18H2,1H3,(H,39,41)(H,42,43). The molecule has 3 aromatic carbocycles. The number of hydrogen-bond donors (Lipinski definition) is 4. The first-order valence-corrected chi connectivity index (χ1v) is 15.5. The molecule has 0 radical (unpaired) electrons. The molecule has 2 aromatic heterocycles. The highest BCUT2D eigenvalue weighted by molar-refractivity contribution is 5.86. The molecule has 2 saturated carbocycles. The predicted octanol–water partition coefficient (Wildman–Crippen LogP) is 7.44. The number of H-pyrrole nitrogens is 2. The van der Waals surface area contributed by atoms with Crippen LogP contribution in [-0.4, -0.2) is 32.5 Å². The Kier molecular flexibility index (Phi) is 5.40. The Labute approximate surface area is 248 Å². The Bertz CT molecular complexity index is 1900. The van der Waals surface area contributed by atoms with Crippen LogP contribution in [0.1, 0.15) is 67.8 Å². The van der Waals surface area contributed by atoms with Gasteiger partial charge in [0.25, 0.3) is 5.92 Å². The van der Waals surface area contributed by atoms with Gasteiger partial charge in [0.15, 0.2) is 0 Å². The summed E-state index contributed by atoms with van der Waals surface area (Å²) in [7, 11) is 0. The van der Waals surface area contributed by atoms with E-state index in [1.807, 2.05) is 42.5 Å². The van der Waals surface area contributed by atoms with Gasteiger partial charge < -0.3 is 20.6 Å². The van der Waals surface area contributed by atoms with Crippen LogP contribution in [0, 0.1) is 11.3 Å². The van der Waals surface area contributed by atoms with Gasteiger partial charge in [-0.25, -0.2) is 9.97 Å². The number of aromatic amines is 2. The molecule has 8 heteroatoms. The summed E-state index contributed by atoms with van der Waals surface area (Å²) < 4.78 is 32.1. The smallest absolute Gasteiger partial charge is 0.299 e. The highest BCUT2D eigenvalue weighted by atomic mass is 19.3. The quantitative estimate of drug-likeness (QED) is 0.162. The number of nitrogens with zero attached hydrogens (tertiary/aromatic N) is 2. The molecule has 3 fully saturated rings. The van der Waals surface area contributed by atoms with Crippen molar-refractivity contribution in [3.8, 4) is 33.5 Å². The van der Waals surface area contributed by atoms with E-state index in [2.05, 4.69) is 32.5 Å². The molecular weight excluding hydrogens is 542 g/mol. The van der Waals surface area contributed by atoms with E-state index in [1.54, 1.807) is 18.3 Å². The Morgan fingerprint density at radius 1 is 0.907 bits per heavy atom. The van der Waals surface area contributed by atoms with Crippen LogP contribution >= 0.6 is 0 Å². The van der Waals surface area contributed by atoms with Crippen molar-refractivity contribution in [3.05, 3.63) is 83.6 Å². The van der Waals surface area contributed by atoms with E-state index in [-0.39, 0.29) is 17.2 Å². The molecule has 6 nitrogen and oxygen atoms in total. The molecule has 2 bridgehead atoms. The number of halogens is 2. The van der Waals surface area contributed by atoms with Gasteiger partial charge in [-0.1, -0.05) is 37.3 Å². The minimum absolute atomic E-state index is 0.0418. The van der Waals surface area contributed by atoms with Gasteiger partial charge >= 0.3 is 0 Å². The van der Waals surface area contributed by atoms with Crippen molar-refractivity contribution < 1.29 is 8.78 Å². The van der Waals surface area contributed by atoms with Crippen LogP contribution in [0.5, 0.6) is 0 Å². The van der Waals surface area contributed by atoms with Crippen LogP contribution in [-0.2, 0) is 12.5 Å². The number of piperidine rings is 1. The number of alkyl halides is 2. The minimum Gasteiger partial charge on any atom is -0.341 e. The lowest BCUT2D eigenvalue weighted by molar-refractivity contribution is 0.0481. The van der Waals surface area contributed by atoms with Gasteiger partial charge in [0.1, 0.15) is 11.6 Å². The third kappa shape index (κ3) is 4.18. The molecule has 43 heavy (non-hydrogen) atoms. The summed E-state index contributed by atoms with van der Waals surface area (Å²) in [4.78, 5) is 16.2. The molecule has 1 saturated heterocycles. The normalized spacial score (nSPS) is 24.0. The van der Waals surface area contributed by atoms with Gasteiger partial charge in [-0.2, -0.15) is 8.78 Å². The molecular formula is C35H34F2N6. The van der Waals surface area contributed by atoms with Crippen molar-refractivity contribution in [1.82, 2.24) is 30.6 Å². The maximum Gasteiger partial charge on any atom is 0.299 e. The number of fused-ring (bicyclic) bond motifs is 6. The van der Waals surface area contributed by atoms with Gasteiger partial charge in [0, 0.05) is 29.3 Å². The average Bonchev–Trinajstić information content (AvgIpc) is 3.59. The highest BCUT2D eigenvalue weighted by Gasteiger charge is 2.45. The maximum atomic E-state index is 16.1. The molecule has 3 unspecified atom stereocenters. The van der Waals surface area contributed by atoms with Gasteiger partial charge in [0.05, 0.1) is 35.5 Å². The number of aromatic nitrogens is 4. The monoisotopic (exact) mass is 576 g/mol. The first kappa shape index (κ1) is 25.6. The van der Waals surface area contributed by atoms with Gasteiger partial charge in [0.2, 0.25) is 0 Å². The molecule has 9 rings (SSSR count). The number of hydrogen-bond acceptors (Lipinski definition) is 4. The number of rotatable bonds is 7. The zero-order chi connectivity index (χ0) is 28.9. The molecule has 5 aromatic rings. The SMILES string of the molecule is CC1(CNCc2ncc(-c3ccc4c(c3)C(F)(F)c3cc(-c5ccc6nc(C7NC8CCC7C8)[nH]c6c5)ccc3-4)[nH]2)CC1. The third-order valence-electron chi connectivity index (χ3n) is 10.4. The Morgan fingerprint density at radius 3 is 2.40 bits per heavy atom. The fraction of sp³-hybridized carbons (Fsp3) is 0.371. The van der Waals surface area contributed by atoms with E-state index < -0.39 is 5.92 Å². The van der Waals surface area contributed by atoms with Crippen LogP contribution in [0.2, 0.25) is 0 Å². The topological polar surface area (TPSA) is 81.4 Å². The average molecular weight is 577 g/mol. The Morgan fingerprint density at radius 2 is 1.65 bits per heavy atom. The molecule has 0 spiro atoms. The summed E-state index contributed by atoms with van der Waals surface area (Å²) >= 11 is 0. The Balaban J connectivity index is 0.986. The maximum absolute atomic E-state index is 16.1. The van der Waals surface area contributed by atoms with E-state index in [1.165, 1.54) is 32.1 Å². The summed E-state index contributed by atoms with van der Waals surface area (Å²) in [6, 6.07) is 17.7. The van der Waals surface area contributed by atoms with Gasteiger partial charge in [-0.15, -0.1) is 0 Å². The fourth-order valence-corrected chi connectivity index (χ4v) is 7.56. The summed E-state index contributed by atoms with van der Waals surface area (Å²) in [5.41, 5.74) is 6.66. The predicted molar refractivity (Wildman–Crippen MR) is 164 cm³/mol. The lowest BCUT2D eigenvalue weighted by Gasteiger charge is -2.20. The molecule has 1 aliphatic heterocycles. The highest BCUT2D eigenvalue weighted by Crippen LogP contribution is 2.53. The second-order valence-electron chi connectivity index (χ2n) is 13.5. The summed E-state index contributed by atoms with van der Waals surface area (Å²) in [5.74, 6) is -0.662. The van der Waals surface area contributed by atoms with Crippen molar-refractivity contribution in [2.45, 2.75) is 63.6 Å². The van der Waals surface area contributed by atoms with E-state index in [0.29, 0.717) is 40.6 Å². The van der Waals surface area contributed by atoms with Crippen LogP contribution in [0.4, 0.5) is 8.78 Å². The molecule has 218 valence electrons. The van der Waals surface area contributed by atoms with E-state index in [0.717, 1.165) is 46.0 Å². The Hall–Kier alpha value is -3.88. The first-order chi connectivity index (χ1) is 20.8. The van der Waals surface area contributed by atoms with Crippen LogP contribution in [0.3, 0.4) is 0 Å². The van der Waals surface area contributed by atoms with Crippen LogP contribution in [0.15, 0.2) is 60.8 Å². The van der Waals surface area contributed by atoms with Crippen molar-refractivity contribution in [1.29, 1.82) is 0 Å². The molecule has 3 heterocycles. The van der Waals surface area contributed by atoms with Crippen molar-refractivity contribution in [2.75, 3.05) is 6.54 Å². The molecule has 3 aliphatic carbocycles. The molecule has 4 aliphatic rings. The number of benzene rings is 3. The van der Waals surface area contributed by atoms with E-state index in [9.17, 15) is 0 Å². The van der Waals surface area contributed by atoms with E-state index in [4.69, 9.17) is 4.98 Å². The van der Waals surface area contributed by atoms with Crippen molar-refractivity contribution in [3.63, 3.8) is 0 Å². The summed E-state index contributed by atoms with van der Waals surface area (Å²) in [6.07, 6.45) is 7.98. The van der Waals surface area contributed by atoms with Crippen molar-refractivity contribution >= 4 is 11.0 Å². The number of imidazole rings is 2. The first-order valence-electron chi connectivity index (χ1n) is 15.5. The van der Waals surface area contributed by atoms with E-state index >= 15 is 8.78 Å².